The van der Waals surface area contributed by atoms with Gasteiger partial charge in [-0.25, -0.2) is 4.98 Å². The predicted molar refractivity (Wildman–Crippen MR) is 113 cm³/mol. The molecule has 0 saturated heterocycles. The van der Waals surface area contributed by atoms with Crippen molar-refractivity contribution in [2.24, 2.45) is 5.92 Å². The van der Waals surface area contributed by atoms with E-state index in [0.717, 1.165) is 39.7 Å². The number of likely N-dealkylation sites (N-methyl/N-ethyl adjacent to an activating group) is 2. The highest BCUT2D eigenvalue weighted by Crippen LogP contribution is 2.41. The van der Waals surface area contributed by atoms with E-state index in [0.29, 0.717) is 38.0 Å². The maximum Gasteiger partial charge on any atom is 0.257 e. The molecule has 158 valence electrons. The number of fused-ring (bicyclic) bond motifs is 4. The number of hydrogen-bond acceptors (Lipinski definition) is 5. The number of anilines is 1. The van der Waals surface area contributed by atoms with Crippen molar-refractivity contribution < 1.29 is 14.4 Å². The molecule has 3 aliphatic rings. The van der Waals surface area contributed by atoms with Crippen LogP contribution in [0.5, 0.6) is 0 Å². The molecule has 3 amide bonds. The number of imidazole rings is 1. The lowest BCUT2D eigenvalue weighted by Crippen LogP contribution is -2.41. The van der Waals surface area contributed by atoms with Gasteiger partial charge in [0, 0.05) is 43.0 Å². The number of amides is 3. The van der Waals surface area contributed by atoms with Crippen molar-refractivity contribution in [2.45, 2.75) is 39.2 Å². The monoisotopic (exact) mass is 427 g/mol. The van der Waals surface area contributed by atoms with Crippen LogP contribution in [0.3, 0.4) is 0 Å². The first kappa shape index (κ1) is 19.3. The molecule has 0 fully saturated rings. The number of thiophene rings is 1. The van der Waals surface area contributed by atoms with Crippen LogP contribution in [-0.2, 0) is 35.4 Å². The molecule has 0 saturated carbocycles. The fraction of sp³-hybridized carbons (Fsp3) is 0.524. The second-order valence-corrected chi connectivity index (χ2v) is 9.34. The number of nitrogens with one attached hydrogen (secondary N) is 1. The summed E-state index contributed by atoms with van der Waals surface area (Å²) >= 11 is 1.50. The number of aryl methyl sites for hydroxylation is 1. The third-order valence-corrected chi connectivity index (χ3v) is 7.72. The van der Waals surface area contributed by atoms with Crippen LogP contribution in [0.1, 0.15) is 45.5 Å². The van der Waals surface area contributed by atoms with E-state index in [1.807, 2.05) is 11.8 Å². The van der Waals surface area contributed by atoms with Gasteiger partial charge in [-0.1, -0.05) is 0 Å². The summed E-state index contributed by atoms with van der Waals surface area (Å²) in [5, 5.41) is 0.746. The van der Waals surface area contributed by atoms with Crippen LogP contribution in [0.25, 0.3) is 0 Å². The topological polar surface area (TPSA) is 89.6 Å². The van der Waals surface area contributed by atoms with E-state index in [1.165, 1.54) is 16.2 Å². The Hall–Kier alpha value is -2.68. The highest BCUT2D eigenvalue weighted by molar-refractivity contribution is 7.17. The molecular weight excluding hydrogens is 402 g/mol. The molecule has 5 rings (SSSR count). The molecule has 2 aromatic rings. The average molecular weight is 428 g/mol. The SMILES string of the molecule is CCN1C(=O)CN(C)C(=O)c2c1sc1c2CCN(C(=O)C2CCc3nc[nH]c3C2)C1. The lowest BCUT2D eigenvalue weighted by atomic mass is 9.88. The standard InChI is InChI=1S/C21H25N5O3S/c1-3-26-17(27)10-24(2)20(29)18-13-6-7-25(9-16(13)30-21(18)26)19(28)12-4-5-14-15(8-12)23-11-22-14/h11-12H,3-10H2,1-2H3,(H,22,23). The van der Waals surface area contributed by atoms with E-state index in [9.17, 15) is 14.4 Å². The van der Waals surface area contributed by atoms with Gasteiger partial charge in [-0.05, 0) is 31.7 Å². The summed E-state index contributed by atoms with van der Waals surface area (Å²) in [4.78, 5) is 52.5. The Bertz CT molecular complexity index is 1040. The smallest absolute Gasteiger partial charge is 0.257 e. The molecule has 2 aromatic heterocycles. The van der Waals surface area contributed by atoms with Gasteiger partial charge in [-0.2, -0.15) is 0 Å². The maximum atomic E-state index is 13.2. The number of nitrogens with zero attached hydrogens (tertiary/aromatic N) is 4. The number of carbonyl (C=O) groups excluding carboxylic acids is 3. The molecule has 0 aromatic carbocycles. The maximum absolute atomic E-state index is 13.2. The summed E-state index contributed by atoms with van der Waals surface area (Å²) < 4.78 is 0. The van der Waals surface area contributed by atoms with Crippen LogP contribution >= 0.6 is 11.3 Å². The Morgan fingerprint density at radius 2 is 2.13 bits per heavy atom. The van der Waals surface area contributed by atoms with Gasteiger partial charge >= 0.3 is 0 Å². The minimum atomic E-state index is -0.0920. The predicted octanol–water partition coefficient (Wildman–Crippen LogP) is 1.60. The number of rotatable bonds is 2. The summed E-state index contributed by atoms with van der Waals surface area (Å²) in [7, 11) is 1.68. The summed E-state index contributed by atoms with van der Waals surface area (Å²) in [5.74, 6) is -0.00281. The van der Waals surface area contributed by atoms with Crippen molar-refractivity contribution in [1.82, 2.24) is 19.8 Å². The molecule has 1 aliphatic carbocycles. The number of H-pyrrole nitrogens is 1. The van der Waals surface area contributed by atoms with E-state index in [1.54, 1.807) is 18.3 Å². The molecular formula is C21H25N5O3S. The van der Waals surface area contributed by atoms with Gasteiger partial charge in [0.25, 0.3) is 5.91 Å². The molecule has 8 nitrogen and oxygen atoms in total. The summed E-state index contributed by atoms with van der Waals surface area (Å²) in [6.07, 6.45) is 4.72. The van der Waals surface area contributed by atoms with Gasteiger partial charge in [-0.3, -0.25) is 14.4 Å². The van der Waals surface area contributed by atoms with Crippen molar-refractivity contribution in [2.75, 3.05) is 31.6 Å². The fourth-order valence-electron chi connectivity index (χ4n) is 4.84. The zero-order valence-corrected chi connectivity index (χ0v) is 18.0. The largest absolute Gasteiger partial charge is 0.348 e. The van der Waals surface area contributed by atoms with Crippen molar-refractivity contribution in [1.29, 1.82) is 0 Å². The van der Waals surface area contributed by atoms with Crippen molar-refractivity contribution in [3.8, 4) is 0 Å². The lowest BCUT2D eigenvalue weighted by Gasteiger charge is -2.32. The van der Waals surface area contributed by atoms with Gasteiger partial charge < -0.3 is 19.7 Å². The average Bonchev–Trinajstić information content (AvgIpc) is 3.34. The first-order chi connectivity index (χ1) is 14.5. The molecule has 30 heavy (non-hydrogen) atoms. The van der Waals surface area contributed by atoms with Gasteiger partial charge in [0.15, 0.2) is 0 Å². The Morgan fingerprint density at radius 3 is 2.93 bits per heavy atom. The Morgan fingerprint density at radius 1 is 1.30 bits per heavy atom. The summed E-state index contributed by atoms with van der Waals surface area (Å²) in [6.45, 7) is 3.69. The number of carbonyl (C=O) groups is 3. The molecule has 1 N–H and O–H groups in total. The van der Waals surface area contributed by atoms with Crippen LogP contribution in [0, 0.1) is 5.92 Å². The van der Waals surface area contributed by atoms with E-state index >= 15 is 0 Å². The molecule has 0 spiro atoms. The zero-order chi connectivity index (χ0) is 21.0. The molecule has 1 atom stereocenters. The quantitative estimate of drug-likeness (QED) is 0.788. The Balaban J connectivity index is 1.42. The van der Waals surface area contributed by atoms with E-state index in [-0.39, 0.29) is 30.2 Å². The second-order valence-electron chi connectivity index (χ2n) is 8.26. The number of hydrogen-bond donors (Lipinski definition) is 1. The van der Waals surface area contributed by atoms with Gasteiger partial charge in [0.1, 0.15) is 11.5 Å². The van der Waals surface area contributed by atoms with Crippen LogP contribution in [0.4, 0.5) is 5.00 Å². The second kappa shape index (κ2) is 7.23. The van der Waals surface area contributed by atoms with Crippen LogP contribution in [0.15, 0.2) is 6.33 Å². The van der Waals surface area contributed by atoms with Crippen molar-refractivity contribution in [3.05, 3.63) is 33.7 Å². The van der Waals surface area contributed by atoms with Crippen LogP contribution < -0.4 is 4.90 Å². The molecule has 9 heteroatoms. The summed E-state index contributed by atoms with van der Waals surface area (Å²) in [5.41, 5.74) is 3.83. The van der Waals surface area contributed by atoms with Crippen molar-refractivity contribution in [3.63, 3.8) is 0 Å². The third kappa shape index (κ3) is 2.94. The molecule has 2 aliphatic heterocycles. The van der Waals surface area contributed by atoms with Crippen molar-refractivity contribution >= 4 is 34.1 Å². The lowest BCUT2D eigenvalue weighted by molar-refractivity contribution is -0.136. The number of aromatic nitrogens is 2. The van der Waals surface area contributed by atoms with E-state index in [4.69, 9.17) is 0 Å². The molecule has 4 heterocycles. The van der Waals surface area contributed by atoms with Crippen LogP contribution in [0.2, 0.25) is 0 Å². The minimum Gasteiger partial charge on any atom is -0.348 e. The molecule has 0 bridgehead atoms. The van der Waals surface area contributed by atoms with Crippen LogP contribution in [-0.4, -0.2) is 64.2 Å². The van der Waals surface area contributed by atoms with Gasteiger partial charge in [0.2, 0.25) is 11.8 Å². The minimum absolute atomic E-state index is 0.0289. The normalized spacial score (nSPS) is 21.3. The first-order valence-corrected chi connectivity index (χ1v) is 11.3. The highest BCUT2D eigenvalue weighted by Gasteiger charge is 2.38. The highest BCUT2D eigenvalue weighted by atomic mass is 32.1. The number of aromatic amines is 1. The molecule has 0 radical (unpaired) electrons. The first-order valence-electron chi connectivity index (χ1n) is 10.5. The van der Waals surface area contributed by atoms with Gasteiger partial charge in [-0.15, -0.1) is 11.3 Å². The fourth-order valence-corrected chi connectivity index (χ4v) is 6.28. The zero-order valence-electron chi connectivity index (χ0n) is 17.2. The summed E-state index contributed by atoms with van der Waals surface area (Å²) in [6, 6.07) is 0. The Labute approximate surface area is 178 Å². The van der Waals surface area contributed by atoms with Gasteiger partial charge in [0.05, 0.1) is 24.1 Å². The third-order valence-electron chi connectivity index (χ3n) is 6.48. The Kier molecular flexibility index (Phi) is 4.65. The van der Waals surface area contributed by atoms with E-state index in [2.05, 4.69) is 9.97 Å². The molecule has 1 unspecified atom stereocenters. The van der Waals surface area contributed by atoms with E-state index < -0.39 is 0 Å².